The molecule has 1 aromatic carbocycles. The highest BCUT2D eigenvalue weighted by Gasteiger charge is 2.22. The van der Waals surface area contributed by atoms with Gasteiger partial charge in [0.25, 0.3) is 0 Å². The second-order valence-corrected chi connectivity index (χ2v) is 7.54. The van der Waals surface area contributed by atoms with Gasteiger partial charge in [-0.2, -0.15) is 0 Å². The maximum Gasteiger partial charge on any atom is 0.322 e. The fourth-order valence-corrected chi connectivity index (χ4v) is 4.46. The van der Waals surface area contributed by atoms with Crippen LogP contribution < -0.4 is 10.6 Å². The Morgan fingerprint density at radius 3 is 3.13 bits per heavy atom. The minimum absolute atomic E-state index is 0.00741. The van der Waals surface area contributed by atoms with E-state index in [1.807, 2.05) is 23.1 Å². The summed E-state index contributed by atoms with van der Waals surface area (Å²) in [5.41, 5.74) is 2.71. The van der Waals surface area contributed by atoms with Crippen molar-refractivity contribution in [2.24, 2.45) is 0 Å². The lowest BCUT2D eigenvalue weighted by molar-refractivity contribution is -0.113. The topological polar surface area (TPSA) is 61.4 Å². The highest BCUT2D eigenvalue weighted by Crippen LogP contribution is 2.33. The van der Waals surface area contributed by atoms with Gasteiger partial charge in [0, 0.05) is 28.5 Å². The summed E-state index contributed by atoms with van der Waals surface area (Å²) in [7, 11) is 0. The second-order valence-electron chi connectivity index (χ2n) is 5.52. The van der Waals surface area contributed by atoms with E-state index in [9.17, 15) is 9.59 Å². The molecular weight excluding hydrogens is 330 g/mol. The molecule has 3 heterocycles. The quantitative estimate of drug-likeness (QED) is 0.833. The van der Waals surface area contributed by atoms with Gasteiger partial charge in [-0.3, -0.25) is 4.79 Å². The number of hydrogen-bond donors (Lipinski definition) is 2. The first-order valence-corrected chi connectivity index (χ1v) is 9.23. The average molecular weight is 345 g/mol. The van der Waals surface area contributed by atoms with E-state index in [0.29, 0.717) is 18.0 Å². The molecule has 0 saturated carbocycles. The number of thioether (sulfide) groups is 1. The maximum absolute atomic E-state index is 12.5. The number of fused-ring (bicyclic) bond motifs is 2. The number of nitrogens with zero attached hydrogens (tertiary/aromatic N) is 1. The number of amides is 3. The van der Waals surface area contributed by atoms with Crippen LogP contribution in [0.3, 0.4) is 0 Å². The highest BCUT2D eigenvalue weighted by atomic mass is 32.2. The standard InChI is InChI=1S/C16H15N3O2S2/c20-15-9-23-14-2-1-11(7-12(14)18-15)17-16(21)19-5-3-13-10(8-19)4-6-22-13/h1-2,4,6-7H,3,5,8-9H2,(H,17,21)(H,18,20). The molecule has 0 bridgehead atoms. The van der Waals surface area contributed by atoms with Gasteiger partial charge >= 0.3 is 6.03 Å². The van der Waals surface area contributed by atoms with Crippen LogP contribution in [-0.4, -0.2) is 29.1 Å². The Morgan fingerprint density at radius 2 is 2.22 bits per heavy atom. The highest BCUT2D eigenvalue weighted by molar-refractivity contribution is 8.00. The molecule has 118 valence electrons. The Kier molecular flexibility index (Phi) is 3.74. The van der Waals surface area contributed by atoms with Crippen molar-refractivity contribution < 1.29 is 9.59 Å². The lowest BCUT2D eigenvalue weighted by Gasteiger charge is -2.27. The molecule has 0 unspecified atom stereocenters. The Balaban J connectivity index is 1.47. The third kappa shape index (κ3) is 2.94. The van der Waals surface area contributed by atoms with Crippen molar-refractivity contribution in [2.45, 2.75) is 17.9 Å². The molecule has 0 saturated heterocycles. The first-order chi connectivity index (χ1) is 11.2. The van der Waals surface area contributed by atoms with E-state index in [1.165, 1.54) is 22.2 Å². The predicted octanol–water partition coefficient (Wildman–Crippen LogP) is 3.38. The summed E-state index contributed by atoms with van der Waals surface area (Å²) in [4.78, 5) is 28.2. The first-order valence-electron chi connectivity index (χ1n) is 7.37. The Hall–Kier alpha value is -1.99. The molecule has 2 aromatic rings. The summed E-state index contributed by atoms with van der Waals surface area (Å²) < 4.78 is 0. The van der Waals surface area contributed by atoms with Crippen LogP contribution in [0.5, 0.6) is 0 Å². The van der Waals surface area contributed by atoms with Gasteiger partial charge in [-0.1, -0.05) is 0 Å². The molecule has 0 atom stereocenters. The van der Waals surface area contributed by atoms with Crippen LogP contribution in [-0.2, 0) is 17.8 Å². The fourth-order valence-electron chi connectivity index (χ4n) is 2.79. The molecule has 4 rings (SSSR count). The molecule has 0 aliphatic carbocycles. The number of nitrogens with one attached hydrogen (secondary N) is 2. The Labute approximate surface area is 142 Å². The van der Waals surface area contributed by atoms with Crippen molar-refractivity contribution >= 4 is 46.4 Å². The summed E-state index contributed by atoms with van der Waals surface area (Å²) >= 11 is 3.27. The molecular formula is C16H15N3O2S2. The van der Waals surface area contributed by atoms with E-state index in [0.717, 1.165) is 23.5 Å². The van der Waals surface area contributed by atoms with Gasteiger partial charge in [-0.15, -0.1) is 23.1 Å². The summed E-state index contributed by atoms with van der Waals surface area (Å²) in [5.74, 6) is 0.433. The van der Waals surface area contributed by atoms with E-state index in [-0.39, 0.29) is 11.9 Å². The monoisotopic (exact) mass is 345 g/mol. The predicted molar refractivity (Wildman–Crippen MR) is 93.2 cm³/mol. The molecule has 3 amide bonds. The van der Waals surface area contributed by atoms with Crippen LogP contribution in [0.25, 0.3) is 0 Å². The first kappa shape index (κ1) is 14.6. The van der Waals surface area contributed by atoms with Crippen LogP contribution in [0, 0.1) is 0 Å². The SMILES string of the molecule is O=C1CSc2ccc(NC(=O)N3CCc4sccc4C3)cc2N1. The molecule has 0 radical (unpaired) electrons. The molecule has 2 aliphatic heterocycles. The third-order valence-corrected chi connectivity index (χ3v) is 6.06. The number of carbonyl (C=O) groups excluding carboxylic acids is 2. The number of urea groups is 1. The fraction of sp³-hybridized carbons (Fsp3) is 0.250. The normalized spacial score (nSPS) is 16.3. The third-order valence-electron chi connectivity index (χ3n) is 3.96. The van der Waals surface area contributed by atoms with E-state index >= 15 is 0 Å². The van der Waals surface area contributed by atoms with Gasteiger partial charge in [0.1, 0.15) is 0 Å². The summed E-state index contributed by atoms with van der Waals surface area (Å²) in [6.07, 6.45) is 0.914. The van der Waals surface area contributed by atoms with Crippen molar-refractivity contribution in [3.05, 3.63) is 40.1 Å². The van der Waals surface area contributed by atoms with Crippen LogP contribution in [0.2, 0.25) is 0 Å². The number of thiophene rings is 1. The number of rotatable bonds is 1. The number of hydrogen-bond acceptors (Lipinski definition) is 4. The van der Waals surface area contributed by atoms with Crippen LogP contribution in [0.15, 0.2) is 34.5 Å². The van der Waals surface area contributed by atoms with Crippen molar-refractivity contribution in [3.8, 4) is 0 Å². The van der Waals surface area contributed by atoms with Crippen molar-refractivity contribution in [1.82, 2.24) is 4.90 Å². The lowest BCUT2D eigenvalue weighted by Crippen LogP contribution is -2.38. The van der Waals surface area contributed by atoms with Crippen molar-refractivity contribution in [3.63, 3.8) is 0 Å². The number of anilines is 2. The zero-order chi connectivity index (χ0) is 15.8. The van der Waals surface area contributed by atoms with Crippen molar-refractivity contribution in [2.75, 3.05) is 22.9 Å². The minimum Gasteiger partial charge on any atom is -0.324 e. The number of carbonyl (C=O) groups is 2. The van der Waals surface area contributed by atoms with E-state index in [4.69, 9.17) is 0 Å². The lowest BCUT2D eigenvalue weighted by atomic mass is 10.1. The van der Waals surface area contributed by atoms with Gasteiger partial charge in [-0.25, -0.2) is 4.79 Å². The molecule has 1 aromatic heterocycles. The smallest absolute Gasteiger partial charge is 0.322 e. The Bertz CT molecular complexity index is 787. The maximum atomic E-state index is 12.5. The van der Waals surface area contributed by atoms with Gasteiger partial charge in [0.05, 0.1) is 11.4 Å². The Morgan fingerprint density at radius 1 is 1.30 bits per heavy atom. The van der Waals surface area contributed by atoms with E-state index in [2.05, 4.69) is 22.1 Å². The largest absolute Gasteiger partial charge is 0.324 e. The summed E-state index contributed by atoms with van der Waals surface area (Å²) in [6, 6.07) is 7.61. The van der Waals surface area contributed by atoms with Crippen LogP contribution >= 0.6 is 23.1 Å². The average Bonchev–Trinajstić information content (AvgIpc) is 3.02. The van der Waals surface area contributed by atoms with Gasteiger partial charge < -0.3 is 15.5 Å². The molecule has 5 nitrogen and oxygen atoms in total. The zero-order valence-corrected chi connectivity index (χ0v) is 13.9. The zero-order valence-electron chi connectivity index (χ0n) is 12.3. The molecule has 0 spiro atoms. The summed E-state index contributed by atoms with van der Waals surface area (Å²) in [5, 5.41) is 7.85. The van der Waals surface area contributed by atoms with Gasteiger partial charge in [0.15, 0.2) is 0 Å². The van der Waals surface area contributed by atoms with Gasteiger partial charge in [0.2, 0.25) is 5.91 Å². The minimum atomic E-state index is -0.100. The second kappa shape index (κ2) is 5.90. The van der Waals surface area contributed by atoms with E-state index in [1.54, 1.807) is 11.3 Å². The molecule has 2 N–H and O–H groups in total. The van der Waals surface area contributed by atoms with Crippen molar-refractivity contribution in [1.29, 1.82) is 0 Å². The molecule has 7 heteroatoms. The number of benzene rings is 1. The van der Waals surface area contributed by atoms with Crippen LogP contribution in [0.1, 0.15) is 10.4 Å². The molecule has 23 heavy (non-hydrogen) atoms. The van der Waals surface area contributed by atoms with E-state index < -0.39 is 0 Å². The van der Waals surface area contributed by atoms with Crippen LogP contribution in [0.4, 0.5) is 16.2 Å². The summed E-state index contributed by atoms with van der Waals surface area (Å²) in [6.45, 7) is 1.39. The molecule has 0 fully saturated rings. The molecule has 2 aliphatic rings. The van der Waals surface area contributed by atoms with Gasteiger partial charge in [-0.05, 0) is 41.6 Å².